The number of halogens is 1. The smallest absolute Gasteiger partial charge is 0.255 e. The molecule has 3 aromatic carbocycles. The maximum atomic E-state index is 12.5. The Hall–Kier alpha value is -2.15. The molecule has 4 rings (SSSR count). The van der Waals surface area contributed by atoms with Gasteiger partial charge in [0.25, 0.3) is 10.0 Å². The zero-order valence-electron chi connectivity index (χ0n) is 12.2. The number of aromatic nitrogens is 1. The minimum absolute atomic E-state index is 0.149. The monoisotopic (exact) mass is 374 g/mol. The summed E-state index contributed by atoms with van der Waals surface area (Å²) < 4.78 is 28.4. The molecular formula is C17H11ClN2O2S2. The highest BCUT2D eigenvalue weighted by molar-refractivity contribution is 7.93. The minimum Gasteiger partial charge on any atom is -0.255 e. The molecule has 1 aromatic heterocycles. The molecule has 0 saturated heterocycles. The van der Waals surface area contributed by atoms with E-state index >= 15 is 0 Å². The molecular weight excluding hydrogens is 364 g/mol. The SMILES string of the molecule is O=S(=O)(Nc1nc2ccc3ccccc3c2s1)c1ccc(Cl)cc1. The Morgan fingerprint density at radius 2 is 1.71 bits per heavy atom. The minimum atomic E-state index is -3.69. The normalized spacial score (nSPS) is 11.9. The fourth-order valence-electron chi connectivity index (χ4n) is 2.49. The lowest BCUT2D eigenvalue weighted by atomic mass is 10.1. The summed E-state index contributed by atoms with van der Waals surface area (Å²) in [5.41, 5.74) is 0.771. The molecule has 0 amide bonds. The van der Waals surface area contributed by atoms with Crippen molar-refractivity contribution >= 4 is 59.1 Å². The van der Waals surface area contributed by atoms with Crippen molar-refractivity contribution in [3.05, 3.63) is 65.7 Å². The van der Waals surface area contributed by atoms with E-state index in [-0.39, 0.29) is 4.90 Å². The van der Waals surface area contributed by atoms with E-state index in [9.17, 15) is 8.42 Å². The van der Waals surface area contributed by atoms with E-state index in [2.05, 4.69) is 9.71 Å². The summed E-state index contributed by atoms with van der Waals surface area (Å²) in [7, 11) is -3.69. The van der Waals surface area contributed by atoms with Crippen LogP contribution >= 0.6 is 22.9 Å². The van der Waals surface area contributed by atoms with Crippen LogP contribution in [0.15, 0.2) is 65.6 Å². The summed E-state index contributed by atoms with van der Waals surface area (Å²) in [6.45, 7) is 0. The van der Waals surface area contributed by atoms with Gasteiger partial charge in [-0.2, -0.15) is 0 Å². The first-order valence-corrected chi connectivity index (χ1v) is 9.77. The second-order valence-corrected chi connectivity index (χ2v) is 8.33. The molecule has 24 heavy (non-hydrogen) atoms. The molecule has 0 spiro atoms. The van der Waals surface area contributed by atoms with Gasteiger partial charge in [0.15, 0.2) is 5.13 Å². The third kappa shape index (κ3) is 2.73. The van der Waals surface area contributed by atoms with E-state index in [1.165, 1.54) is 23.5 Å². The number of sulfonamides is 1. The Morgan fingerprint density at radius 1 is 0.958 bits per heavy atom. The number of thiazole rings is 1. The molecule has 0 saturated carbocycles. The topological polar surface area (TPSA) is 59.1 Å². The van der Waals surface area contributed by atoms with Crippen LogP contribution in [0.25, 0.3) is 21.0 Å². The molecule has 0 aliphatic rings. The third-order valence-electron chi connectivity index (χ3n) is 3.63. The highest BCUT2D eigenvalue weighted by Gasteiger charge is 2.17. The number of benzene rings is 3. The van der Waals surface area contributed by atoms with Crippen LogP contribution in [0.1, 0.15) is 0 Å². The Labute approximate surface area is 147 Å². The molecule has 0 fully saturated rings. The maximum Gasteiger partial charge on any atom is 0.263 e. The van der Waals surface area contributed by atoms with E-state index in [1.807, 2.05) is 36.4 Å². The van der Waals surface area contributed by atoms with Gasteiger partial charge in [0, 0.05) is 10.4 Å². The molecule has 0 aliphatic carbocycles. The Kier molecular flexibility index (Phi) is 3.68. The zero-order chi connectivity index (χ0) is 16.7. The predicted octanol–water partition coefficient (Wildman–Crippen LogP) is 4.90. The number of hydrogen-bond donors (Lipinski definition) is 1. The highest BCUT2D eigenvalue weighted by atomic mass is 35.5. The summed E-state index contributed by atoms with van der Waals surface area (Å²) in [4.78, 5) is 4.54. The summed E-state index contributed by atoms with van der Waals surface area (Å²) in [5.74, 6) is 0. The first-order chi connectivity index (χ1) is 11.5. The van der Waals surface area contributed by atoms with Crippen LogP contribution in [0.2, 0.25) is 5.02 Å². The average Bonchev–Trinajstić information content (AvgIpc) is 2.97. The van der Waals surface area contributed by atoms with Crippen LogP contribution in [0.5, 0.6) is 0 Å². The van der Waals surface area contributed by atoms with Crippen LogP contribution < -0.4 is 4.72 Å². The molecule has 0 bridgehead atoms. The van der Waals surface area contributed by atoms with Crippen molar-refractivity contribution in [3.63, 3.8) is 0 Å². The Morgan fingerprint density at radius 3 is 2.50 bits per heavy atom. The summed E-state index contributed by atoms with van der Waals surface area (Å²) in [6.07, 6.45) is 0. The summed E-state index contributed by atoms with van der Waals surface area (Å²) >= 11 is 7.13. The molecule has 7 heteroatoms. The van der Waals surface area contributed by atoms with Crippen molar-refractivity contribution in [2.24, 2.45) is 0 Å². The number of nitrogens with one attached hydrogen (secondary N) is 1. The quantitative estimate of drug-likeness (QED) is 0.554. The van der Waals surface area contributed by atoms with E-state index in [0.29, 0.717) is 10.2 Å². The van der Waals surface area contributed by atoms with Crippen LogP contribution in [0, 0.1) is 0 Å². The van der Waals surface area contributed by atoms with Crippen LogP contribution in [0.4, 0.5) is 5.13 Å². The molecule has 4 aromatic rings. The lowest BCUT2D eigenvalue weighted by Gasteiger charge is -2.04. The van der Waals surface area contributed by atoms with Gasteiger partial charge < -0.3 is 0 Å². The van der Waals surface area contributed by atoms with Crippen molar-refractivity contribution in [2.45, 2.75) is 4.90 Å². The van der Waals surface area contributed by atoms with Crippen molar-refractivity contribution in [1.29, 1.82) is 0 Å². The van der Waals surface area contributed by atoms with Crippen molar-refractivity contribution in [2.75, 3.05) is 4.72 Å². The number of fused-ring (bicyclic) bond motifs is 3. The molecule has 1 N–H and O–H groups in total. The van der Waals surface area contributed by atoms with Crippen LogP contribution in [-0.2, 0) is 10.0 Å². The van der Waals surface area contributed by atoms with Gasteiger partial charge in [-0.05, 0) is 35.7 Å². The third-order valence-corrected chi connectivity index (χ3v) is 6.38. The Balaban J connectivity index is 1.77. The lowest BCUT2D eigenvalue weighted by molar-refractivity contribution is 0.601. The first-order valence-electron chi connectivity index (χ1n) is 7.10. The lowest BCUT2D eigenvalue weighted by Crippen LogP contribution is -2.12. The van der Waals surface area contributed by atoms with Crippen molar-refractivity contribution in [3.8, 4) is 0 Å². The molecule has 0 atom stereocenters. The van der Waals surface area contributed by atoms with Crippen LogP contribution in [0.3, 0.4) is 0 Å². The number of rotatable bonds is 3. The molecule has 0 radical (unpaired) electrons. The van der Waals surface area contributed by atoms with E-state index in [4.69, 9.17) is 11.6 Å². The number of anilines is 1. The molecule has 4 nitrogen and oxygen atoms in total. The fourth-order valence-corrected chi connectivity index (χ4v) is 4.85. The molecule has 1 heterocycles. The van der Waals surface area contributed by atoms with Gasteiger partial charge in [0.2, 0.25) is 0 Å². The zero-order valence-corrected chi connectivity index (χ0v) is 14.6. The van der Waals surface area contributed by atoms with Gasteiger partial charge in [-0.3, -0.25) is 4.72 Å². The van der Waals surface area contributed by atoms with Gasteiger partial charge in [-0.1, -0.05) is 53.3 Å². The highest BCUT2D eigenvalue weighted by Crippen LogP contribution is 2.33. The van der Waals surface area contributed by atoms with E-state index < -0.39 is 10.0 Å². The van der Waals surface area contributed by atoms with Crippen molar-refractivity contribution < 1.29 is 8.42 Å². The first kappa shape index (κ1) is 15.4. The second-order valence-electron chi connectivity index (χ2n) is 5.21. The van der Waals surface area contributed by atoms with Gasteiger partial charge >= 0.3 is 0 Å². The summed E-state index contributed by atoms with van der Waals surface area (Å²) in [5, 5.41) is 2.99. The maximum absolute atomic E-state index is 12.5. The number of hydrogen-bond acceptors (Lipinski definition) is 4. The van der Waals surface area contributed by atoms with Gasteiger partial charge in [-0.15, -0.1) is 0 Å². The standard InChI is InChI=1S/C17H11ClN2O2S2/c18-12-6-8-13(9-7-12)24(21,22)20-17-19-15-10-5-11-3-1-2-4-14(11)16(15)23-17/h1-10H,(H,19,20). The van der Waals surface area contributed by atoms with E-state index in [0.717, 1.165) is 21.0 Å². The van der Waals surface area contributed by atoms with Crippen LogP contribution in [-0.4, -0.2) is 13.4 Å². The molecule has 120 valence electrons. The molecule has 0 unspecified atom stereocenters. The van der Waals surface area contributed by atoms with Crippen molar-refractivity contribution in [1.82, 2.24) is 4.98 Å². The fraction of sp³-hybridized carbons (Fsp3) is 0. The predicted molar refractivity (Wildman–Crippen MR) is 99.4 cm³/mol. The average molecular weight is 375 g/mol. The summed E-state index contributed by atoms with van der Waals surface area (Å²) in [6, 6.07) is 17.9. The Bertz CT molecular complexity index is 1150. The van der Waals surface area contributed by atoms with Gasteiger partial charge in [0.1, 0.15) is 0 Å². The van der Waals surface area contributed by atoms with E-state index in [1.54, 1.807) is 12.1 Å². The molecule has 0 aliphatic heterocycles. The number of nitrogens with zero attached hydrogens (tertiary/aromatic N) is 1. The second kappa shape index (κ2) is 5.73. The van der Waals surface area contributed by atoms with Gasteiger partial charge in [-0.25, -0.2) is 13.4 Å². The largest absolute Gasteiger partial charge is 0.263 e. The van der Waals surface area contributed by atoms with Gasteiger partial charge in [0.05, 0.1) is 15.1 Å².